The standard InChI is InChI=1S/C16H20N2O4/c1-12(17-14(11-19)16-7-4-10-22-16)8-9-13-5-2-3-6-15(13)18(20)21/h2-7,10,12,14,17,19H,8-9,11H2,1H3. The monoisotopic (exact) mass is 304 g/mol. The minimum Gasteiger partial charge on any atom is -0.468 e. The van der Waals surface area contributed by atoms with E-state index in [1.54, 1.807) is 30.5 Å². The van der Waals surface area contributed by atoms with E-state index in [0.29, 0.717) is 12.2 Å². The first-order valence-electron chi connectivity index (χ1n) is 7.24. The summed E-state index contributed by atoms with van der Waals surface area (Å²) in [5, 5.41) is 23.7. The highest BCUT2D eigenvalue weighted by Gasteiger charge is 2.17. The molecule has 0 saturated heterocycles. The summed E-state index contributed by atoms with van der Waals surface area (Å²) >= 11 is 0. The first-order chi connectivity index (χ1) is 10.6. The molecule has 2 atom stereocenters. The number of aliphatic hydroxyl groups excluding tert-OH is 1. The Morgan fingerprint density at radius 1 is 1.32 bits per heavy atom. The van der Waals surface area contributed by atoms with Gasteiger partial charge in [0, 0.05) is 17.7 Å². The van der Waals surface area contributed by atoms with Crippen molar-refractivity contribution in [3.8, 4) is 0 Å². The number of nitrogens with one attached hydrogen (secondary N) is 1. The molecule has 0 aliphatic heterocycles. The number of hydrogen-bond donors (Lipinski definition) is 2. The maximum absolute atomic E-state index is 11.0. The number of benzene rings is 1. The number of aryl methyl sites for hydroxylation is 1. The Balaban J connectivity index is 1.93. The van der Waals surface area contributed by atoms with Crippen LogP contribution < -0.4 is 5.32 Å². The molecule has 0 amide bonds. The van der Waals surface area contributed by atoms with Crippen molar-refractivity contribution in [2.45, 2.75) is 31.8 Å². The molecular weight excluding hydrogens is 284 g/mol. The Morgan fingerprint density at radius 3 is 2.73 bits per heavy atom. The van der Waals surface area contributed by atoms with Crippen molar-refractivity contribution in [3.05, 3.63) is 64.1 Å². The molecule has 0 aliphatic rings. The van der Waals surface area contributed by atoms with E-state index in [2.05, 4.69) is 5.32 Å². The highest BCUT2D eigenvalue weighted by molar-refractivity contribution is 5.39. The molecule has 2 rings (SSSR count). The molecule has 6 nitrogen and oxygen atoms in total. The van der Waals surface area contributed by atoms with E-state index >= 15 is 0 Å². The average Bonchev–Trinajstić information content (AvgIpc) is 3.05. The zero-order chi connectivity index (χ0) is 15.9. The van der Waals surface area contributed by atoms with Gasteiger partial charge in [-0.1, -0.05) is 18.2 Å². The van der Waals surface area contributed by atoms with Crippen molar-refractivity contribution in [2.75, 3.05) is 6.61 Å². The SMILES string of the molecule is CC(CCc1ccccc1[N+](=O)[O-])NC(CO)c1ccco1. The normalized spacial score (nSPS) is 13.7. The fourth-order valence-electron chi connectivity index (χ4n) is 2.41. The summed E-state index contributed by atoms with van der Waals surface area (Å²) in [6, 6.07) is 10.2. The lowest BCUT2D eigenvalue weighted by atomic mass is 10.0. The molecule has 1 heterocycles. The van der Waals surface area contributed by atoms with Gasteiger partial charge in [0.2, 0.25) is 0 Å². The molecule has 2 N–H and O–H groups in total. The van der Waals surface area contributed by atoms with Gasteiger partial charge in [0.05, 0.1) is 23.8 Å². The lowest BCUT2D eigenvalue weighted by Crippen LogP contribution is -2.32. The quantitative estimate of drug-likeness (QED) is 0.578. The molecule has 118 valence electrons. The predicted molar refractivity (Wildman–Crippen MR) is 82.5 cm³/mol. The summed E-state index contributed by atoms with van der Waals surface area (Å²) in [6.07, 6.45) is 2.89. The number of nitrogens with zero attached hydrogens (tertiary/aromatic N) is 1. The molecule has 0 saturated carbocycles. The highest BCUT2D eigenvalue weighted by Crippen LogP contribution is 2.20. The Kier molecular flexibility index (Phi) is 5.68. The van der Waals surface area contributed by atoms with Crippen molar-refractivity contribution in [1.82, 2.24) is 5.32 Å². The Morgan fingerprint density at radius 2 is 2.09 bits per heavy atom. The molecule has 1 aromatic carbocycles. The van der Waals surface area contributed by atoms with Gasteiger partial charge in [0.25, 0.3) is 5.69 Å². The third-order valence-electron chi connectivity index (χ3n) is 3.59. The van der Waals surface area contributed by atoms with Crippen LogP contribution >= 0.6 is 0 Å². The molecule has 6 heteroatoms. The number of aliphatic hydroxyl groups is 1. The fraction of sp³-hybridized carbons (Fsp3) is 0.375. The number of nitro groups is 1. The van der Waals surface area contributed by atoms with Crippen LogP contribution in [0.15, 0.2) is 47.1 Å². The fourth-order valence-corrected chi connectivity index (χ4v) is 2.41. The largest absolute Gasteiger partial charge is 0.468 e. The molecule has 0 fully saturated rings. The van der Waals surface area contributed by atoms with Crippen LogP contribution in [0.2, 0.25) is 0 Å². The van der Waals surface area contributed by atoms with Crippen LogP contribution in [-0.2, 0) is 6.42 Å². The Labute approximate surface area is 128 Å². The predicted octanol–water partition coefficient (Wildman–Crippen LogP) is 2.83. The van der Waals surface area contributed by atoms with Crippen molar-refractivity contribution in [3.63, 3.8) is 0 Å². The summed E-state index contributed by atoms with van der Waals surface area (Å²) in [7, 11) is 0. The molecule has 0 bridgehead atoms. The van der Waals surface area contributed by atoms with Gasteiger partial charge in [-0.15, -0.1) is 0 Å². The number of hydrogen-bond acceptors (Lipinski definition) is 5. The van der Waals surface area contributed by atoms with Crippen LogP contribution in [0.1, 0.15) is 30.7 Å². The van der Waals surface area contributed by atoms with Crippen LogP contribution in [-0.4, -0.2) is 22.7 Å². The van der Waals surface area contributed by atoms with Crippen molar-refractivity contribution in [1.29, 1.82) is 0 Å². The minimum atomic E-state index is -0.354. The smallest absolute Gasteiger partial charge is 0.272 e. The molecule has 0 aliphatic carbocycles. The molecule has 0 radical (unpaired) electrons. The Hall–Kier alpha value is -2.18. The van der Waals surface area contributed by atoms with Gasteiger partial charge in [-0.05, 0) is 31.9 Å². The minimum absolute atomic E-state index is 0.0661. The summed E-state index contributed by atoms with van der Waals surface area (Å²) in [4.78, 5) is 10.6. The lowest BCUT2D eigenvalue weighted by Gasteiger charge is -2.20. The van der Waals surface area contributed by atoms with Gasteiger partial charge < -0.3 is 14.8 Å². The second kappa shape index (κ2) is 7.72. The molecule has 22 heavy (non-hydrogen) atoms. The lowest BCUT2D eigenvalue weighted by molar-refractivity contribution is -0.385. The van der Waals surface area contributed by atoms with Crippen molar-refractivity contribution >= 4 is 5.69 Å². The topological polar surface area (TPSA) is 88.5 Å². The van der Waals surface area contributed by atoms with Gasteiger partial charge in [-0.2, -0.15) is 0 Å². The summed E-state index contributed by atoms with van der Waals surface area (Å²) in [5.41, 5.74) is 0.874. The van der Waals surface area contributed by atoms with Gasteiger partial charge in [-0.3, -0.25) is 10.1 Å². The number of furan rings is 1. The van der Waals surface area contributed by atoms with E-state index < -0.39 is 0 Å². The summed E-state index contributed by atoms with van der Waals surface area (Å²) < 4.78 is 5.29. The molecule has 0 spiro atoms. The van der Waals surface area contributed by atoms with Crippen LogP contribution in [0.5, 0.6) is 0 Å². The third-order valence-corrected chi connectivity index (χ3v) is 3.59. The van der Waals surface area contributed by atoms with Gasteiger partial charge in [0.15, 0.2) is 0 Å². The third kappa shape index (κ3) is 4.16. The maximum Gasteiger partial charge on any atom is 0.272 e. The van der Waals surface area contributed by atoms with Crippen LogP contribution in [0.3, 0.4) is 0 Å². The van der Waals surface area contributed by atoms with E-state index in [4.69, 9.17) is 4.42 Å². The molecule has 2 aromatic rings. The number of para-hydroxylation sites is 1. The first-order valence-corrected chi connectivity index (χ1v) is 7.24. The van der Waals surface area contributed by atoms with E-state index in [0.717, 1.165) is 12.0 Å². The highest BCUT2D eigenvalue weighted by atomic mass is 16.6. The van der Waals surface area contributed by atoms with Crippen LogP contribution in [0, 0.1) is 10.1 Å². The molecular formula is C16H20N2O4. The second-order valence-electron chi connectivity index (χ2n) is 5.24. The summed E-state index contributed by atoms with van der Waals surface area (Å²) in [5.74, 6) is 0.681. The van der Waals surface area contributed by atoms with E-state index in [1.807, 2.05) is 13.0 Å². The van der Waals surface area contributed by atoms with Crippen LogP contribution in [0.4, 0.5) is 5.69 Å². The zero-order valence-electron chi connectivity index (χ0n) is 12.4. The van der Waals surface area contributed by atoms with Crippen molar-refractivity contribution in [2.24, 2.45) is 0 Å². The average molecular weight is 304 g/mol. The van der Waals surface area contributed by atoms with Gasteiger partial charge in [-0.25, -0.2) is 0 Å². The van der Waals surface area contributed by atoms with E-state index in [1.165, 1.54) is 6.07 Å². The molecule has 2 unspecified atom stereocenters. The van der Waals surface area contributed by atoms with Gasteiger partial charge >= 0.3 is 0 Å². The number of rotatable bonds is 8. The first kappa shape index (κ1) is 16.2. The number of nitro benzene ring substituents is 1. The second-order valence-corrected chi connectivity index (χ2v) is 5.24. The van der Waals surface area contributed by atoms with Crippen LogP contribution in [0.25, 0.3) is 0 Å². The maximum atomic E-state index is 11.0. The van der Waals surface area contributed by atoms with Gasteiger partial charge in [0.1, 0.15) is 5.76 Å². The van der Waals surface area contributed by atoms with Crippen molar-refractivity contribution < 1.29 is 14.4 Å². The summed E-state index contributed by atoms with van der Waals surface area (Å²) in [6.45, 7) is 1.92. The Bertz CT molecular complexity index is 598. The zero-order valence-corrected chi connectivity index (χ0v) is 12.4. The van der Waals surface area contributed by atoms with E-state index in [9.17, 15) is 15.2 Å². The molecule has 1 aromatic heterocycles. The van der Waals surface area contributed by atoms with E-state index in [-0.39, 0.29) is 29.3 Å².